The van der Waals surface area contributed by atoms with E-state index >= 15 is 0 Å². The minimum Gasteiger partial charge on any atom is -0.466 e. The quantitative estimate of drug-likeness (QED) is 0.241. The lowest BCUT2D eigenvalue weighted by atomic mass is 10.1. The van der Waals surface area contributed by atoms with Gasteiger partial charge in [0.05, 0.1) is 13.2 Å². The second kappa shape index (κ2) is 16.1. The molecule has 0 amide bonds. The third-order valence-electron chi connectivity index (χ3n) is 3.78. The van der Waals surface area contributed by atoms with Crippen molar-refractivity contribution in [1.29, 1.82) is 0 Å². The molecule has 0 bridgehead atoms. The van der Waals surface area contributed by atoms with Crippen molar-refractivity contribution in [2.75, 3.05) is 19.1 Å². The Hall–Kier alpha value is -0.770. The first kappa shape index (κ1) is 22.2. The average molecular weight is 349 g/mol. The van der Waals surface area contributed by atoms with Crippen molar-refractivity contribution in [3.63, 3.8) is 0 Å². The average Bonchev–Trinajstić information content (AvgIpc) is 2.55. The number of esters is 2. The van der Waals surface area contributed by atoms with Crippen molar-refractivity contribution in [2.24, 2.45) is 5.92 Å². The molecule has 1 unspecified atom stereocenters. The number of hydrogen-bond donors (Lipinski definition) is 0. The number of alkyl halides is 1. The first-order valence-electron chi connectivity index (χ1n) is 8.97. The Morgan fingerprint density at radius 2 is 1.43 bits per heavy atom. The smallest absolute Gasteiger partial charge is 0.305 e. The minimum absolute atomic E-state index is 0.220. The van der Waals surface area contributed by atoms with Crippen LogP contribution in [0.25, 0.3) is 0 Å². The van der Waals surface area contributed by atoms with Gasteiger partial charge < -0.3 is 9.47 Å². The van der Waals surface area contributed by atoms with E-state index in [4.69, 9.17) is 21.1 Å². The molecule has 0 heterocycles. The van der Waals surface area contributed by atoms with Crippen LogP contribution in [0.1, 0.15) is 78.1 Å². The zero-order valence-corrected chi connectivity index (χ0v) is 15.5. The van der Waals surface area contributed by atoms with Crippen LogP contribution in [0.4, 0.5) is 0 Å². The third-order valence-corrected chi connectivity index (χ3v) is 4.05. The van der Waals surface area contributed by atoms with Gasteiger partial charge in [-0.25, -0.2) is 0 Å². The predicted octanol–water partition coefficient (Wildman–Crippen LogP) is 4.87. The molecular formula is C18H33ClO4. The largest absolute Gasteiger partial charge is 0.466 e. The summed E-state index contributed by atoms with van der Waals surface area (Å²) in [5.41, 5.74) is 0. The molecule has 0 saturated heterocycles. The molecule has 23 heavy (non-hydrogen) atoms. The molecule has 4 nitrogen and oxygen atoms in total. The Kier molecular flexibility index (Phi) is 15.6. The fourth-order valence-electron chi connectivity index (χ4n) is 1.96. The molecule has 136 valence electrons. The SMILES string of the molecule is CCC(C)COC(=O)CCCC(=O)OCCCCCCCCCl. The highest BCUT2D eigenvalue weighted by atomic mass is 35.5. The highest BCUT2D eigenvalue weighted by Gasteiger charge is 2.08. The molecule has 0 aromatic heterocycles. The first-order chi connectivity index (χ1) is 11.1. The molecule has 0 N–H and O–H groups in total. The maximum absolute atomic E-state index is 11.5. The van der Waals surface area contributed by atoms with Gasteiger partial charge >= 0.3 is 11.9 Å². The predicted molar refractivity (Wildman–Crippen MR) is 93.6 cm³/mol. The second-order valence-corrected chi connectivity index (χ2v) is 6.46. The number of rotatable bonds is 15. The van der Waals surface area contributed by atoms with Crippen LogP contribution >= 0.6 is 11.6 Å². The monoisotopic (exact) mass is 348 g/mol. The zero-order valence-electron chi connectivity index (χ0n) is 14.8. The van der Waals surface area contributed by atoms with E-state index in [1.54, 1.807) is 0 Å². The number of hydrogen-bond acceptors (Lipinski definition) is 4. The molecule has 0 aliphatic carbocycles. The lowest BCUT2D eigenvalue weighted by Gasteiger charge is -2.09. The molecule has 0 aliphatic heterocycles. The van der Waals surface area contributed by atoms with Crippen LogP contribution in [0.15, 0.2) is 0 Å². The standard InChI is InChI=1S/C18H33ClO4/c1-3-16(2)15-23-18(21)12-10-11-17(20)22-14-9-7-5-4-6-8-13-19/h16H,3-15H2,1-2H3. The van der Waals surface area contributed by atoms with Gasteiger partial charge in [-0.15, -0.1) is 11.6 Å². The van der Waals surface area contributed by atoms with Gasteiger partial charge in [0.15, 0.2) is 0 Å². The van der Waals surface area contributed by atoms with Crippen LogP contribution < -0.4 is 0 Å². The van der Waals surface area contributed by atoms with E-state index in [2.05, 4.69) is 6.92 Å². The van der Waals surface area contributed by atoms with Crippen LogP contribution in [0.5, 0.6) is 0 Å². The van der Waals surface area contributed by atoms with E-state index in [1.807, 2.05) is 6.92 Å². The molecule has 0 radical (unpaired) electrons. The summed E-state index contributed by atoms with van der Waals surface area (Å²) in [7, 11) is 0. The summed E-state index contributed by atoms with van der Waals surface area (Å²) in [6.45, 7) is 5.05. The van der Waals surface area contributed by atoms with Crippen LogP contribution in [0.2, 0.25) is 0 Å². The molecule has 0 rings (SSSR count). The lowest BCUT2D eigenvalue weighted by molar-refractivity contribution is -0.146. The molecule has 0 fully saturated rings. The summed E-state index contributed by atoms with van der Waals surface area (Å²) in [6.07, 6.45) is 8.66. The summed E-state index contributed by atoms with van der Waals surface area (Å²) in [4.78, 5) is 23.0. The molecule has 1 atom stereocenters. The van der Waals surface area contributed by atoms with Gasteiger partial charge in [0.1, 0.15) is 0 Å². The van der Waals surface area contributed by atoms with Gasteiger partial charge in [0, 0.05) is 18.7 Å². The van der Waals surface area contributed by atoms with E-state index in [1.165, 1.54) is 12.8 Å². The van der Waals surface area contributed by atoms with Crippen molar-refractivity contribution in [3.05, 3.63) is 0 Å². The Labute approximate surface area is 146 Å². The van der Waals surface area contributed by atoms with E-state index in [0.717, 1.165) is 38.0 Å². The minimum atomic E-state index is -0.227. The van der Waals surface area contributed by atoms with E-state index in [0.29, 0.717) is 25.6 Å². The summed E-state index contributed by atoms with van der Waals surface area (Å²) in [5.74, 6) is 0.679. The number of unbranched alkanes of at least 4 members (excludes halogenated alkanes) is 5. The number of carbonyl (C=O) groups is 2. The topological polar surface area (TPSA) is 52.6 Å². The van der Waals surface area contributed by atoms with Gasteiger partial charge in [0.25, 0.3) is 0 Å². The van der Waals surface area contributed by atoms with Crippen LogP contribution in [-0.2, 0) is 19.1 Å². The van der Waals surface area contributed by atoms with Crippen molar-refractivity contribution >= 4 is 23.5 Å². The zero-order chi connectivity index (χ0) is 17.3. The van der Waals surface area contributed by atoms with E-state index < -0.39 is 0 Å². The number of halogens is 1. The summed E-state index contributed by atoms with van der Waals surface area (Å²) < 4.78 is 10.3. The molecule has 0 aromatic carbocycles. The fraction of sp³-hybridized carbons (Fsp3) is 0.889. The lowest BCUT2D eigenvalue weighted by Crippen LogP contribution is -2.12. The van der Waals surface area contributed by atoms with Crippen molar-refractivity contribution in [3.8, 4) is 0 Å². The van der Waals surface area contributed by atoms with Gasteiger partial charge in [-0.1, -0.05) is 46.0 Å². The van der Waals surface area contributed by atoms with Crippen LogP contribution in [0, 0.1) is 5.92 Å². The van der Waals surface area contributed by atoms with Crippen molar-refractivity contribution in [2.45, 2.75) is 78.1 Å². The summed E-state index contributed by atoms with van der Waals surface area (Å²) >= 11 is 5.61. The highest BCUT2D eigenvalue weighted by Crippen LogP contribution is 2.07. The Morgan fingerprint density at radius 1 is 0.870 bits per heavy atom. The fourth-order valence-corrected chi connectivity index (χ4v) is 2.15. The Morgan fingerprint density at radius 3 is 2.04 bits per heavy atom. The van der Waals surface area contributed by atoms with Crippen molar-refractivity contribution < 1.29 is 19.1 Å². The van der Waals surface area contributed by atoms with E-state index in [-0.39, 0.29) is 24.8 Å². The third kappa shape index (κ3) is 15.9. The number of ether oxygens (including phenoxy) is 2. The molecule has 0 saturated carbocycles. The van der Waals surface area contributed by atoms with Crippen LogP contribution in [0.3, 0.4) is 0 Å². The maximum Gasteiger partial charge on any atom is 0.305 e. The summed E-state index contributed by atoms with van der Waals surface area (Å²) in [5, 5.41) is 0. The van der Waals surface area contributed by atoms with Gasteiger partial charge in [-0.2, -0.15) is 0 Å². The van der Waals surface area contributed by atoms with Crippen LogP contribution in [-0.4, -0.2) is 31.0 Å². The molecule has 0 spiro atoms. The molecule has 0 aliphatic rings. The van der Waals surface area contributed by atoms with Gasteiger partial charge in [0.2, 0.25) is 0 Å². The molecule has 5 heteroatoms. The van der Waals surface area contributed by atoms with E-state index in [9.17, 15) is 9.59 Å². The molecule has 0 aromatic rings. The van der Waals surface area contributed by atoms with Gasteiger partial charge in [-0.05, 0) is 25.2 Å². The molecular weight excluding hydrogens is 316 g/mol. The number of carbonyl (C=O) groups excluding carboxylic acids is 2. The normalized spacial score (nSPS) is 12.0. The maximum atomic E-state index is 11.5. The second-order valence-electron chi connectivity index (χ2n) is 6.08. The Bertz CT molecular complexity index is 307. The highest BCUT2D eigenvalue weighted by molar-refractivity contribution is 6.17. The summed E-state index contributed by atoms with van der Waals surface area (Å²) in [6, 6.07) is 0. The van der Waals surface area contributed by atoms with Crippen molar-refractivity contribution in [1.82, 2.24) is 0 Å². The van der Waals surface area contributed by atoms with Gasteiger partial charge in [-0.3, -0.25) is 9.59 Å². The first-order valence-corrected chi connectivity index (χ1v) is 9.50. The Balaban J connectivity index is 3.38.